The molecule has 2 atom stereocenters. The zero-order valence-corrected chi connectivity index (χ0v) is 16.8. The van der Waals surface area contributed by atoms with Crippen molar-refractivity contribution in [2.45, 2.75) is 52.1 Å². The minimum atomic E-state index is -0.289. The van der Waals surface area contributed by atoms with Gasteiger partial charge >= 0.3 is 0 Å². The van der Waals surface area contributed by atoms with Crippen LogP contribution in [0.3, 0.4) is 0 Å². The Balaban J connectivity index is 1.70. The third kappa shape index (κ3) is 4.53. The van der Waals surface area contributed by atoms with Crippen LogP contribution in [0.2, 0.25) is 0 Å². The lowest BCUT2D eigenvalue weighted by Crippen LogP contribution is -2.47. The first-order chi connectivity index (χ1) is 13.5. The standard InChI is InChI=1S/C23H28N2O3/c1-16-9-4-7-14-21(16)28-15-22(26)24-20-13-6-5-12-19(20)23(27)25-17(2)10-8-11-18(25)3/h4-7,9,12-14,17-18H,8,10-11,15H2,1-3H3,(H,24,26)/t17-,18-/m0/s1. The molecule has 1 aliphatic rings. The molecule has 0 saturated carbocycles. The van der Waals surface area contributed by atoms with Crippen molar-refractivity contribution in [3.8, 4) is 5.75 Å². The van der Waals surface area contributed by atoms with Gasteiger partial charge in [-0.05, 0) is 63.8 Å². The van der Waals surface area contributed by atoms with Crippen molar-refractivity contribution in [2.75, 3.05) is 11.9 Å². The number of anilines is 1. The molecule has 148 valence electrons. The van der Waals surface area contributed by atoms with Crippen LogP contribution in [0.5, 0.6) is 5.75 Å². The molecule has 1 heterocycles. The molecule has 0 radical (unpaired) electrons. The average molecular weight is 380 g/mol. The SMILES string of the molecule is Cc1ccccc1OCC(=O)Nc1ccccc1C(=O)N1[C@@H](C)CCC[C@@H]1C. The van der Waals surface area contributed by atoms with Crippen molar-refractivity contribution in [2.24, 2.45) is 0 Å². The summed E-state index contributed by atoms with van der Waals surface area (Å²) in [4.78, 5) is 27.5. The van der Waals surface area contributed by atoms with Crippen molar-refractivity contribution in [3.63, 3.8) is 0 Å². The van der Waals surface area contributed by atoms with Crippen LogP contribution in [0.15, 0.2) is 48.5 Å². The van der Waals surface area contributed by atoms with E-state index in [0.29, 0.717) is 17.0 Å². The fraction of sp³-hybridized carbons (Fsp3) is 0.391. The fourth-order valence-electron chi connectivity index (χ4n) is 3.79. The number of likely N-dealkylation sites (tertiary alicyclic amines) is 1. The molecule has 0 aromatic heterocycles. The van der Waals surface area contributed by atoms with Gasteiger partial charge in [0.1, 0.15) is 5.75 Å². The molecule has 2 aromatic carbocycles. The number of para-hydroxylation sites is 2. The molecule has 0 aliphatic carbocycles. The maximum absolute atomic E-state index is 13.2. The highest BCUT2D eigenvalue weighted by molar-refractivity contribution is 6.04. The van der Waals surface area contributed by atoms with Gasteiger partial charge in [-0.15, -0.1) is 0 Å². The number of nitrogens with one attached hydrogen (secondary N) is 1. The summed E-state index contributed by atoms with van der Waals surface area (Å²) in [5.41, 5.74) is 2.02. The lowest BCUT2D eigenvalue weighted by Gasteiger charge is -2.39. The minimum Gasteiger partial charge on any atom is -0.483 e. The summed E-state index contributed by atoms with van der Waals surface area (Å²) in [7, 11) is 0. The number of piperidine rings is 1. The first kappa shape index (κ1) is 19.9. The molecule has 0 unspecified atom stereocenters. The Morgan fingerprint density at radius 3 is 2.39 bits per heavy atom. The summed E-state index contributed by atoms with van der Waals surface area (Å²) in [6, 6.07) is 15.1. The first-order valence-corrected chi connectivity index (χ1v) is 9.87. The zero-order chi connectivity index (χ0) is 20.1. The number of carbonyl (C=O) groups is 2. The normalized spacial score (nSPS) is 19.2. The van der Waals surface area contributed by atoms with Crippen molar-refractivity contribution in [1.29, 1.82) is 0 Å². The average Bonchev–Trinajstić information content (AvgIpc) is 2.67. The van der Waals surface area contributed by atoms with E-state index in [1.165, 1.54) is 0 Å². The van der Waals surface area contributed by atoms with E-state index in [9.17, 15) is 9.59 Å². The van der Waals surface area contributed by atoms with E-state index in [-0.39, 0.29) is 30.5 Å². The van der Waals surface area contributed by atoms with Gasteiger partial charge in [-0.1, -0.05) is 30.3 Å². The highest BCUT2D eigenvalue weighted by Crippen LogP contribution is 2.27. The van der Waals surface area contributed by atoms with E-state index in [1.807, 2.05) is 48.2 Å². The van der Waals surface area contributed by atoms with Crippen LogP contribution in [-0.2, 0) is 4.79 Å². The van der Waals surface area contributed by atoms with Crippen LogP contribution in [0.1, 0.15) is 49.0 Å². The van der Waals surface area contributed by atoms with Gasteiger partial charge < -0.3 is 15.0 Å². The summed E-state index contributed by atoms with van der Waals surface area (Å²) in [6.07, 6.45) is 3.16. The Bertz CT molecular complexity index is 839. The molecule has 0 bridgehead atoms. The molecule has 0 spiro atoms. The Kier molecular flexibility index (Phi) is 6.34. The van der Waals surface area contributed by atoms with Crippen LogP contribution < -0.4 is 10.1 Å². The van der Waals surface area contributed by atoms with E-state index in [0.717, 1.165) is 24.8 Å². The summed E-state index contributed by atoms with van der Waals surface area (Å²) < 4.78 is 5.61. The van der Waals surface area contributed by atoms with Crippen LogP contribution in [-0.4, -0.2) is 35.4 Å². The largest absolute Gasteiger partial charge is 0.483 e. The van der Waals surface area contributed by atoms with Gasteiger partial charge in [-0.3, -0.25) is 9.59 Å². The molecule has 1 saturated heterocycles. The lowest BCUT2D eigenvalue weighted by molar-refractivity contribution is -0.118. The predicted molar refractivity (Wildman–Crippen MR) is 111 cm³/mol. The number of benzene rings is 2. The van der Waals surface area contributed by atoms with Gasteiger partial charge in [-0.2, -0.15) is 0 Å². The van der Waals surface area contributed by atoms with Crippen LogP contribution in [0, 0.1) is 6.92 Å². The van der Waals surface area contributed by atoms with Crippen LogP contribution >= 0.6 is 0 Å². The molecule has 1 fully saturated rings. The van der Waals surface area contributed by atoms with Gasteiger partial charge in [0.05, 0.1) is 11.3 Å². The van der Waals surface area contributed by atoms with Crippen molar-refractivity contribution < 1.29 is 14.3 Å². The minimum absolute atomic E-state index is 0.0320. The number of rotatable bonds is 5. The fourth-order valence-corrected chi connectivity index (χ4v) is 3.79. The zero-order valence-electron chi connectivity index (χ0n) is 16.8. The molecule has 5 nitrogen and oxygen atoms in total. The maximum atomic E-state index is 13.2. The van der Waals surface area contributed by atoms with E-state index < -0.39 is 0 Å². The second-order valence-electron chi connectivity index (χ2n) is 7.49. The van der Waals surface area contributed by atoms with E-state index in [2.05, 4.69) is 19.2 Å². The van der Waals surface area contributed by atoms with Crippen molar-refractivity contribution in [1.82, 2.24) is 4.90 Å². The van der Waals surface area contributed by atoms with Crippen molar-refractivity contribution >= 4 is 17.5 Å². The molecule has 1 N–H and O–H groups in total. The topological polar surface area (TPSA) is 58.6 Å². The van der Waals surface area contributed by atoms with E-state index in [1.54, 1.807) is 12.1 Å². The lowest BCUT2D eigenvalue weighted by atomic mass is 9.96. The third-order valence-electron chi connectivity index (χ3n) is 5.31. The van der Waals surface area contributed by atoms with Crippen LogP contribution in [0.25, 0.3) is 0 Å². The molecule has 28 heavy (non-hydrogen) atoms. The number of hydrogen-bond acceptors (Lipinski definition) is 3. The number of amides is 2. The van der Waals surface area contributed by atoms with E-state index in [4.69, 9.17) is 4.74 Å². The third-order valence-corrected chi connectivity index (χ3v) is 5.31. The van der Waals surface area contributed by atoms with Gasteiger partial charge in [-0.25, -0.2) is 0 Å². The maximum Gasteiger partial charge on any atom is 0.262 e. The highest BCUT2D eigenvalue weighted by atomic mass is 16.5. The van der Waals surface area contributed by atoms with Gasteiger partial charge in [0, 0.05) is 12.1 Å². The Morgan fingerprint density at radius 2 is 1.68 bits per heavy atom. The molecule has 2 aromatic rings. The van der Waals surface area contributed by atoms with Gasteiger partial charge in [0.15, 0.2) is 6.61 Å². The number of ether oxygens (including phenoxy) is 1. The Morgan fingerprint density at radius 1 is 1.04 bits per heavy atom. The molecule has 5 heteroatoms. The summed E-state index contributed by atoms with van der Waals surface area (Å²) >= 11 is 0. The number of hydrogen-bond donors (Lipinski definition) is 1. The molecule has 3 rings (SSSR count). The molecular weight excluding hydrogens is 352 g/mol. The monoisotopic (exact) mass is 380 g/mol. The predicted octanol–water partition coefficient (Wildman–Crippen LogP) is 4.42. The number of carbonyl (C=O) groups excluding carboxylic acids is 2. The number of nitrogens with zero attached hydrogens (tertiary/aromatic N) is 1. The van der Waals surface area contributed by atoms with Gasteiger partial charge in [0.2, 0.25) is 0 Å². The second-order valence-corrected chi connectivity index (χ2v) is 7.49. The summed E-state index contributed by atoms with van der Waals surface area (Å²) in [5.74, 6) is 0.358. The van der Waals surface area contributed by atoms with Crippen molar-refractivity contribution in [3.05, 3.63) is 59.7 Å². The molecule has 1 aliphatic heterocycles. The summed E-state index contributed by atoms with van der Waals surface area (Å²) in [5, 5.41) is 2.84. The second kappa shape index (κ2) is 8.91. The Labute approximate surface area is 166 Å². The summed E-state index contributed by atoms with van der Waals surface area (Å²) in [6.45, 7) is 6.00. The van der Waals surface area contributed by atoms with Crippen LogP contribution in [0.4, 0.5) is 5.69 Å². The van der Waals surface area contributed by atoms with Gasteiger partial charge in [0.25, 0.3) is 11.8 Å². The molecule has 2 amide bonds. The Hall–Kier alpha value is -2.82. The van der Waals surface area contributed by atoms with E-state index >= 15 is 0 Å². The quantitative estimate of drug-likeness (QED) is 0.836. The first-order valence-electron chi connectivity index (χ1n) is 9.87. The highest BCUT2D eigenvalue weighted by Gasteiger charge is 2.30. The smallest absolute Gasteiger partial charge is 0.262 e. The molecular formula is C23H28N2O3. The number of aryl methyl sites for hydroxylation is 1.